The first-order valence-electron chi connectivity index (χ1n) is 13.4. The summed E-state index contributed by atoms with van der Waals surface area (Å²) in [4.78, 5) is 42.2. The summed E-state index contributed by atoms with van der Waals surface area (Å²) in [6.45, 7) is 6.73. The number of benzene rings is 3. The molecule has 3 aromatic rings. The number of piperidine rings is 1. The van der Waals surface area contributed by atoms with Crippen LogP contribution in [0.5, 0.6) is 0 Å². The third kappa shape index (κ3) is 4.95. The fraction of sp³-hybridized carbons (Fsp3) is 0.281. The average Bonchev–Trinajstić information content (AvgIpc) is 3.33. The maximum Gasteiger partial charge on any atom is 0.337 e. The SMILES string of the molecule is C=C(c1ccc(C(=O)OC)cc1)[C@@H]1CCN(Cc2ccccc2)C(=O)[C@]12CCN(S(=O)(=O)c1ccc(C)cc1)C2=O. The molecule has 9 heteroatoms. The van der Waals surface area contributed by atoms with Gasteiger partial charge in [-0.25, -0.2) is 17.5 Å². The molecule has 8 nitrogen and oxygen atoms in total. The Morgan fingerprint density at radius 2 is 1.56 bits per heavy atom. The molecule has 0 aliphatic carbocycles. The molecule has 0 aromatic heterocycles. The molecule has 3 aromatic carbocycles. The monoisotopic (exact) mass is 572 g/mol. The topological polar surface area (TPSA) is 101 Å². The number of esters is 1. The van der Waals surface area contributed by atoms with Crippen molar-refractivity contribution in [2.75, 3.05) is 20.2 Å². The summed E-state index contributed by atoms with van der Waals surface area (Å²) in [5.74, 6) is -2.22. The van der Waals surface area contributed by atoms with Crippen molar-refractivity contribution in [1.82, 2.24) is 9.21 Å². The molecule has 1 spiro atoms. The van der Waals surface area contributed by atoms with Crippen LogP contribution in [0.3, 0.4) is 0 Å². The second-order valence-corrected chi connectivity index (χ2v) is 12.4. The van der Waals surface area contributed by atoms with Gasteiger partial charge in [0.25, 0.3) is 15.9 Å². The minimum atomic E-state index is -4.18. The Morgan fingerprint density at radius 3 is 2.20 bits per heavy atom. The highest BCUT2D eigenvalue weighted by Gasteiger charge is 2.63. The van der Waals surface area contributed by atoms with Crippen LogP contribution in [0.25, 0.3) is 5.57 Å². The number of aryl methyl sites for hydroxylation is 1. The summed E-state index contributed by atoms with van der Waals surface area (Å²) in [5, 5.41) is 0. The lowest BCUT2D eigenvalue weighted by atomic mass is 9.65. The van der Waals surface area contributed by atoms with Crippen LogP contribution in [-0.2, 0) is 30.9 Å². The van der Waals surface area contributed by atoms with E-state index in [-0.39, 0.29) is 17.9 Å². The summed E-state index contributed by atoms with van der Waals surface area (Å²) in [6, 6.07) is 22.5. The van der Waals surface area contributed by atoms with Crippen molar-refractivity contribution in [3.05, 3.63) is 108 Å². The number of nitrogens with zero attached hydrogens (tertiary/aromatic N) is 2. The van der Waals surface area contributed by atoms with Crippen LogP contribution in [0.4, 0.5) is 0 Å². The molecule has 2 saturated heterocycles. The van der Waals surface area contributed by atoms with Crippen molar-refractivity contribution in [2.24, 2.45) is 11.3 Å². The van der Waals surface area contributed by atoms with Gasteiger partial charge in [0.1, 0.15) is 5.41 Å². The highest BCUT2D eigenvalue weighted by Crippen LogP contribution is 2.51. The fourth-order valence-electron chi connectivity index (χ4n) is 5.93. The van der Waals surface area contributed by atoms with Gasteiger partial charge in [0.15, 0.2) is 0 Å². The maximum atomic E-state index is 14.3. The smallest absolute Gasteiger partial charge is 0.337 e. The van der Waals surface area contributed by atoms with Crippen molar-refractivity contribution in [3.63, 3.8) is 0 Å². The molecule has 0 radical (unpaired) electrons. The van der Waals surface area contributed by atoms with Crippen molar-refractivity contribution >= 4 is 33.4 Å². The molecule has 0 unspecified atom stereocenters. The minimum Gasteiger partial charge on any atom is -0.465 e. The molecule has 2 aliphatic rings. The van der Waals surface area contributed by atoms with Crippen LogP contribution in [0.1, 0.15) is 39.9 Å². The summed E-state index contributed by atoms with van der Waals surface area (Å²) in [7, 11) is -2.88. The van der Waals surface area contributed by atoms with E-state index in [1.807, 2.05) is 37.3 Å². The summed E-state index contributed by atoms with van der Waals surface area (Å²) in [5.41, 5.74) is 1.77. The molecule has 2 amide bonds. The number of likely N-dealkylation sites (tertiary alicyclic amines) is 1. The van der Waals surface area contributed by atoms with Crippen LogP contribution in [0.15, 0.2) is 90.3 Å². The largest absolute Gasteiger partial charge is 0.465 e. The van der Waals surface area contributed by atoms with E-state index in [4.69, 9.17) is 4.74 Å². The zero-order valence-corrected chi connectivity index (χ0v) is 23.9. The van der Waals surface area contributed by atoms with Crippen LogP contribution in [0.2, 0.25) is 0 Å². The highest BCUT2D eigenvalue weighted by atomic mass is 32.2. The van der Waals surface area contributed by atoms with E-state index in [0.717, 1.165) is 15.4 Å². The predicted octanol–water partition coefficient (Wildman–Crippen LogP) is 4.45. The second-order valence-electron chi connectivity index (χ2n) is 10.6. The summed E-state index contributed by atoms with van der Waals surface area (Å²) in [6.07, 6.45) is 0.477. The Kier molecular flexibility index (Phi) is 7.57. The van der Waals surface area contributed by atoms with Gasteiger partial charge in [-0.2, -0.15) is 0 Å². The maximum absolute atomic E-state index is 14.3. The first-order valence-corrected chi connectivity index (χ1v) is 14.9. The zero-order chi connectivity index (χ0) is 29.4. The normalized spacial score (nSPS) is 20.9. The van der Waals surface area contributed by atoms with Crippen LogP contribution < -0.4 is 0 Å². The third-order valence-corrected chi connectivity index (χ3v) is 9.99. The van der Waals surface area contributed by atoms with Gasteiger partial charge in [0.05, 0.1) is 17.6 Å². The quantitative estimate of drug-likeness (QED) is 0.306. The Labute approximate surface area is 240 Å². The molecular weight excluding hydrogens is 540 g/mol. The second kappa shape index (κ2) is 11.0. The van der Waals surface area contributed by atoms with Crippen molar-refractivity contribution < 1.29 is 27.5 Å². The number of carbonyl (C=O) groups excluding carboxylic acids is 3. The van der Waals surface area contributed by atoms with Gasteiger partial charge in [-0.1, -0.05) is 66.7 Å². The van der Waals surface area contributed by atoms with Crippen LogP contribution >= 0.6 is 0 Å². The lowest BCUT2D eigenvalue weighted by molar-refractivity contribution is -0.157. The summed E-state index contributed by atoms with van der Waals surface area (Å²) >= 11 is 0. The number of ether oxygens (including phenoxy) is 1. The number of hydrogen-bond acceptors (Lipinski definition) is 6. The summed E-state index contributed by atoms with van der Waals surface area (Å²) < 4.78 is 33.0. The van der Waals surface area contributed by atoms with E-state index < -0.39 is 39.1 Å². The van der Waals surface area contributed by atoms with Crippen LogP contribution in [0, 0.1) is 18.3 Å². The van der Waals surface area contributed by atoms with E-state index in [1.54, 1.807) is 41.3 Å². The van der Waals surface area contributed by atoms with Crippen molar-refractivity contribution in [2.45, 2.75) is 31.2 Å². The zero-order valence-electron chi connectivity index (χ0n) is 23.1. The van der Waals surface area contributed by atoms with Gasteiger partial charge in [0, 0.05) is 25.6 Å². The minimum absolute atomic E-state index is 0.00618. The highest BCUT2D eigenvalue weighted by molar-refractivity contribution is 7.89. The molecule has 41 heavy (non-hydrogen) atoms. The molecular formula is C32H32N2O6S. The Balaban J connectivity index is 1.53. The van der Waals surface area contributed by atoms with Gasteiger partial charge in [0.2, 0.25) is 5.91 Å². The van der Waals surface area contributed by atoms with Gasteiger partial charge >= 0.3 is 5.97 Å². The predicted molar refractivity (Wildman–Crippen MR) is 154 cm³/mol. The van der Waals surface area contributed by atoms with E-state index in [0.29, 0.717) is 36.2 Å². The van der Waals surface area contributed by atoms with Gasteiger partial charge in [-0.3, -0.25) is 9.59 Å². The number of hydrogen-bond donors (Lipinski definition) is 0. The molecule has 0 bridgehead atoms. The Bertz CT molecular complexity index is 1600. The number of rotatable bonds is 7. The average molecular weight is 573 g/mol. The Morgan fingerprint density at radius 1 is 0.927 bits per heavy atom. The lowest BCUT2D eigenvalue weighted by Crippen LogP contribution is -2.57. The molecule has 2 aliphatic heterocycles. The molecule has 2 fully saturated rings. The molecule has 2 heterocycles. The van der Waals surface area contributed by atoms with Crippen molar-refractivity contribution in [3.8, 4) is 0 Å². The first-order chi connectivity index (χ1) is 19.6. The van der Waals surface area contributed by atoms with Crippen LogP contribution in [-0.4, -0.2) is 55.6 Å². The van der Waals surface area contributed by atoms with E-state index >= 15 is 0 Å². The number of methoxy groups -OCH3 is 1. The standard InChI is InChI=1S/C32H32N2O6S/c1-22-9-15-27(16-10-22)41(38,39)34-20-18-32(31(34)37)28(23(2)25-11-13-26(14-12-25)29(35)40-3)17-19-33(30(32)36)21-24-7-5-4-6-8-24/h4-16,28H,2,17-21H2,1,3H3/t28-,32-/m0/s1. The molecule has 0 saturated carbocycles. The van der Waals surface area contributed by atoms with Gasteiger partial charge < -0.3 is 9.64 Å². The van der Waals surface area contributed by atoms with E-state index in [2.05, 4.69) is 6.58 Å². The van der Waals surface area contributed by atoms with E-state index in [1.165, 1.54) is 19.2 Å². The number of allylic oxidation sites excluding steroid dienone is 1. The number of sulfonamides is 1. The van der Waals surface area contributed by atoms with Gasteiger partial charge in [-0.05, 0) is 60.7 Å². The number of amides is 2. The molecule has 212 valence electrons. The van der Waals surface area contributed by atoms with Crippen molar-refractivity contribution in [1.29, 1.82) is 0 Å². The molecule has 2 atom stereocenters. The molecule has 0 N–H and O–H groups in total. The molecule has 5 rings (SSSR count). The third-order valence-electron chi connectivity index (χ3n) is 8.19. The Hall–Kier alpha value is -4.24. The number of carbonyl (C=O) groups is 3. The fourth-order valence-corrected chi connectivity index (χ4v) is 7.37. The van der Waals surface area contributed by atoms with Gasteiger partial charge in [-0.15, -0.1) is 0 Å². The first kappa shape index (κ1) is 28.3. The lowest BCUT2D eigenvalue weighted by Gasteiger charge is -2.44. The van der Waals surface area contributed by atoms with E-state index in [9.17, 15) is 22.8 Å².